The van der Waals surface area contributed by atoms with E-state index in [1.807, 2.05) is 53.8 Å². The van der Waals surface area contributed by atoms with Gasteiger partial charge >= 0.3 is 12.1 Å². The fourth-order valence-corrected chi connectivity index (χ4v) is 5.55. The molecule has 3 aromatic rings. The first-order valence-electron chi connectivity index (χ1n) is 15.5. The summed E-state index contributed by atoms with van der Waals surface area (Å²) in [4.78, 5) is 59.9. The van der Waals surface area contributed by atoms with Gasteiger partial charge in [-0.2, -0.15) is 0 Å². The third kappa shape index (κ3) is 7.46. The molecular formula is C34H45N5O6. The molecule has 3 heterocycles. The molecule has 1 aliphatic heterocycles. The number of aromatic nitrogens is 2. The predicted octanol–water partition coefficient (Wildman–Crippen LogP) is 5.26. The van der Waals surface area contributed by atoms with E-state index in [0.29, 0.717) is 18.7 Å². The Morgan fingerprint density at radius 2 is 1.84 bits per heavy atom. The summed E-state index contributed by atoms with van der Waals surface area (Å²) in [7, 11) is 1.51. The summed E-state index contributed by atoms with van der Waals surface area (Å²) in [5, 5.41) is 3.68. The van der Waals surface area contributed by atoms with Crippen molar-refractivity contribution in [1.29, 1.82) is 0 Å². The lowest BCUT2D eigenvalue weighted by molar-refractivity contribution is -0.139. The van der Waals surface area contributed by atoms with Crippen molar-refractivity contribution in [2.75, 3.05) is 20.2 Å². The predicted molar refractivity (Wildman–Crippen MR) is 171 cm³/mol. The molecule has 2 aromatic heterocycles. The maximum absolute atomic E-state index is 14.0. The molecule has 242 valence electrons. The van der Waals surface area contributed by atoms with Crippen LogP contribution in [0.4, 0.5) is 4.79 Å². The SMILES string of the molecule is CCOC(=O)c1cccc2c1ccn2-c1cncc([C@@H]2CCCN2C(=O)[C@@H](NC(=O)[C@H](C)N(C)C(=O)OC(C)(C)C)C(C)C)c1. The van der Waals surface area contributed by atoms with E-state index in [4.69, 9.17) is 9.47 Å². The highest BCUT2D eigenvalue weighted by molar-refractivity contribution is 6.04. The van der Waals surface area contributed by atoms with Gasteiger partial charge in [-0.15, -0.1) is 0 Å². The van der Waals surface area contributed by atoms with Gasteiger partial charge in [-0.05, 0) is 83.2 Å². The van der Waals surface area contributed by atoms with Crippen molar-refractivity contribution < 1.29 is 28.7 Å². The van der Waals surface area contributed by atoms with Crippen LogP contribution in [0.3, 0.4) is 0 Å². The highest BCUT2D eigenvalue weighted by Crippen LogP contribution is 2.34. The van der Waals surface area contributed by atoms with E-state index in [-0.39, 0.29) is 23.8 Å². The van der Waals surface area contributed by atoms with E-state index >= 15 is 0 Å². The minimum absolute atomic E-state index is 0.177. The van der Waals surface area contributed by atoms with Gasteiger partial charge < -0.3 is 24.3 Å². The zero-order chi connectivity index (χ0) is 33.1. The second-order valence-corrected chi connectivity index (χ2v) is 12.8. The molecule has 0 saturated carbocycles. The summed E-state index contributed by atoms with van der Waals surface area (Å²) in [6.07, 6.45) is 6.37. The fraction of sp³-hybridized carbons (Fsp3) is 0.500. The van der Waals surface area contributed by atoms with Crippen LogP contribution in [0, 0.1) is 5.92 Å². The quantitative estimate of drug-likeness (QED) is 0.324. The molecule has 0 spiro atoms. The number of amides is 3. The van der Waals surface area contributed by atoms with Crippen molar-refractivity contribution >= 4 is 34.8 Å². The summed E-state index contributed by atoms with van der Waals surface area (Å²) in [5.74, 6) is -1.17. The number of hydrogen-bond donors (Lipinski definition) is 1. The average molecular weight is 620 g/mol. The Morgan fingerprint density at radius 3 is 2.51 bits per heavy atom. The number of likely N-dealkylation sites (tertiary alicyclic amines) is 1. The van der Waals surface area contributed by atoms with Gasteiger partial charge in [0.05, 0.1) is 35.6 Å². The van der Waals surface area contributed by atoms with Gasteiger partial charge in [0.2, 0.25) is 11.8 Å². The third-order valence-corrected chi connectivity index (χ3v) is 8.04. The molecule has 1 aromatic carbocycles. The molecule has 0 aliphatic carbocycles. The molecule has 45 heavy (non-hydrogen) atoms. The Hall–Kier alpha value is -4.41. The Labute approximate surface area is 264 Å². The molecule has 11 heteroatoms. The lowest BCUT2D eigenvalue weighted by Crippen LogP contribution is -2.55. The molecule has 1 fully saturated rings. The van der Waals surface area contributed by atoms with Crippen LogP contribution in [0.1, 0.15) is 83.3 Å². The standard InChI is InChI=1S/C34H45N5O6/c1-9-44-32(42)26-12-10-13-28-25(26)15-17-38(28)24-18-23(19-35-20-24)27-14-11-16-39(27)31(41)29(21(2)3)36-30(40)22(4)37(8)33(43)45-34(5,6)7/h10,12-13,15,17-22,27,29H,9,11,14,16H2,1-8H3,(H,36,40)/t22-,27-,29-/m0/s1. The number of fused-ring (bicyclic) bond motifs is 1. The monoisotopic (exact) mass is 619 g/mol. The van der Waals surface area contributed by atoms with E-state index in [2.05, 4.69) is 10.3 Å². The largest absolute Gasteiger partial charge is 0.462 e. The van der Waals surface area contributed by atoms with Crippen LogP contribution in [0.5, 0.6) is 0 Å². The molecule has 1 aliphatic rings. The van der Waals surface area contributed by atoms with Gasteiger partial charge in [-0.1, -0.05) is 19.9 Å². The number of nitrogens with zero attached hydrogens (tertiary/aromatic N) is 4. The number of nitrogens with one attached hydrogen (secondary N) is 1. The Bertz CT molecular complexity index is 1560. The van der Waals surface area contributed by atoms with Crippen molar-refractivity contribution in [3.63, 3.8) is 0 Å². The third-order valence-electron chi connectivity index (χ3n) is 8.04. The van der Waals surface area contributed by atoms with Gasteiger partial charge in [0.15, 0.2) is 0 Å². The van der Waals surface area contributed by atoms with Crippen LogP contribution in [-0.4, -0.2) is 81.1 Å². The number of likely N-dealkylation sites (N-methyl/N-ethyl adjacent to an activating group) is 1. The number of carbonyl (C=O) groups is 4. The van der Waals surface area contributed by atoms with Crippen LogP contribution in [0.25, 0.3) is 16.6 Å². The van der Waals surface area contributed by atoms with E-state index in [0.717, 1.165) is 35.0 Å². The van der Waals surface area contributed by atoms with Crippen molar-refractivity contribution in [2.45, 2.75) is 85.0 Å². The number of ether oxygens (including phenoxy) is 2. The molecule has 4 rings (SSSR count). The van der Waals surface area contributed by atoms with Crippen LogP contribution >= 0.6 is 0 Å². The molecular weight excluding hydrogens is 574 g/mol. The van der Waals surface area contributed by atoms with E-state index in [9.17, 15) is 19.2 Å². The molecule has 11 nitrogen and oxygen atoms in total. The van der Waals surface area contributed by atoms with Gasteiger partial charge in [-0.25, -0.2) is 9.59 Å². The zero-order valence-corrected chi connectivity index (χ0v) is 27.5. The van der Waals surface area contributed by atoms with Crippen molar-refractivity contribution in [3.8, 4) is 5.69 Å². The molecule has 1 N–H and O–H groups in total. The number of carbonyl (C=O) groups excluding carboxylic acids is 4. The Morgan fingerprint density at radius 1 is 1.11 bits per heavy atom. The smallest absolute Gasteiger partial charge is 0.410 e. The zero-order valence-electron chi connectivity index (χ0n) is 27.5. The van der Waals surface area contributed by atoms with Crippen molar-refractivity contribution in [3.05, 3.63) is 60.0 Å². The molecule has 0 bridgehead atoms. The Balaban J connectivity index is 1.55. The maximum Gasteiger partial charge on any atom is 0.410 e. The highest BCUT2D eigenvalue weighted by atomic mass is 16.6. The molecule has 0 unspecified atom stereocenters. The minimum atomic E-state index is -0.843. The summed E-state index contributed by atoms with van der Waals surface area (Å²) >= 11 is 0. The highest BCUT2D eigenvalue weighted by Gasteiger charge is 2.37. The van der Waals surface area contributed by atoms with Crippen LogP contribution < -0.4 is 5.32 Å². The van der Waals surface area contributed by atoms with Crippen LogP contribution in [0.2, 0.25) is 0 Å². The first-order valence-corrected chi connectivity index (χ1v) is 15.5. The molecule has 1 saturated heterocycles. The van der Waals surface area contributed by atoms with Gasteiger partial charge in [-0.3, -0.25) is 19.5 Å². The number of rotatable bonds is 9. The second kappa shape index (κ2) is 13.7. The molecule has 3 atom stereocenters. The first-order chi connectivity index (χ1) is 21.2. The summed E-state index contributed by atoms with van der Waals surface area (Å²) in [6, 6.07) is 7.57. The maximum atomic E-state index is 14.0. The summed E-state index contributed by atoms with van der Waals surface area (Å²) in [6.45, 7) is 13.3. The second-order valence-electron chi connectivity index (χ2n) is 12.8. The lowest BCUT2D eigenvalue weighted by Gasteiger charge is -2.33. The fourth-order valence-electron chi connectivity index (χ4n) is 5.55. The van der Waals surface area contributed by atoms with Gasteiger partial charge in [0, 0.05) is 31.4 Å². The number of hydrogen-bond acceptors (Lipinski definition) is 7. The Kier molecular flexibility index (Phi) is 10.2. The molecule has 3 amide bonds. The number of pyridine rings is 1. The normalized spacial score (nSPS) is 16.4. The van der Waals surface area contributed by atoms with Gasteiger partial charge in [0.25, 0.3) is 0 Å². The van der Waals surface area contributed by atoms with E-state index < -0.39 is 29.7 Å². The van der Waals surface area contributed by atoms with Crippen LogP contribution in [-0.2, 0) is 19.1 Å². The molecule has 0 radical (unpaired) electrons. The van der Waals surface area contributed by atoms with Crippen molar-refractivity contribution in [2.24, 2.45) is 5.92 Å². The lowest BCUT2D eigenvalue weighted by atomic mass is 10.00. The van der Waals surface area contributed by atoms with E-state index in [1.165, 1.54) is 11.9 Å². The van der Waals surface area contributed by atoms with Gasteiger partial charge in [0.1, 0.15) is 17.7 Å². The average Bonchev–Trinajstić information content (AvgIpc) is 3.65. The van der Waals surface area contributed by atoms with Crippen LogP contribution in [0.15, 0.2) is 48.9 Å². The number of esters is 1. The van der Waals surface area contributed by atoms with Crippen molar-refractivity contribution in [1.82, 2.24) is 24.7 Å². The minimum Gasteiger partial charge on any atom is -0.462 e. The first kappa shape index (κ1) is 33.5. The topological polar surface area (TPSA) is 123 Å². The van der Waals surface area contributed by atoms with E-state index in [1.54, 1.807) is 53.1 Å². The number of benzene rings is 1. The summed E-state index contributed by atoms with van der Waals surface area (Å²) in [5.41, 5.74) is 2.32. The summed E-state index contributed by atoms with van der Waals surface area (Å²) < 4.78 is 12.6.